The normalized spacial score (nSPS) is 9.88. The van der Waals surface area contributed by atoms with Crippen LogP contribution in [0.25, 0.3) is 0 Å². The lowest BCUT2D eigenvalue weighted by atomic mass is 10.2. The predicted molar refractivity (Wildman–Crippen MR) is 78.7 cm³/mol. The summed E-state index contributed by atoms with van der Waals surface area (Å²) < 4.78 is 0. The van der Waals surface area contributed by atoms with Crippen LogP contribution in [0.1, 0.15) is 5.56 Å². The maximum atomic E-state index is 5.21. The van der Waals surface area contributed by atoms with Gasteiger partial charge in [-0.3, -0.25) is 0 Å². The van der Waals surface area contributed by atoms with Gasteiger partial charge in [0.15, 0.2) is 5.11 Å². The summed E-state index contributed by atoms with van der Waals surface area (Å²) >= 11 is 6.94. The topological polar surface area (TPSA) is 24.1 Å². The third kappa shape index (κ3) is 4.17. The van der Waals surface area contributed by atoms with Gasteiger partial charge in [0.25, 0.3) is 0 Å². The lowest BCUT2D eigenvalue weighted by molar-refractivity contribution is 0.876. The first-order valence-corrected chi connectivity index (χ1v) is 6.81. The van der Waals surface area contributed by atoms with Crippen molar-refractivity contribution in [2.24, 2.45) is 0 Å². The molecule has 2 rings (SSSR count). The van der Waals surface area contributed by atoms with Gasteiger partial charge in [-0.25, -0.2) is 0 Å². The zero-order chi connectivity index (χ0) is 11.9. The number of thiophene rings is 1. The van der Waals surface area contributed by atoms with Crippen LogP contribution in [0.4, 0.5) is 5.69 Å². The van der Waals surface area contributed by atoms with E-state index >= 15 is 0 Å². The summed E-state index contributed by atoms with van der Waals surface area (Å²) in [5.41, 5.74) is 2.37. The Labute approximate surface area is 111 Å². The standard InChI is InChI=1S/C13H14N2S2/c16-13(15-12-4-2-1-3-5-12)14-8-6-11-7-9-17-10-11/h1-5,7,9-10H,6,8H2,(H2,14,15,16). The van der Waals surface area contributed by atoms with Crippen molar-refractivity contribution in [1.82, 2.24) is 5.32 Å². The summed E-state index contributed by atoms with van der Waals surface area (Å²) in [6.07, 6.45) is 1.00. The van der Waals surface area contributed by atoms with Gasteiger partial charge in [0.05, 0.1) is 0 Å². The number of anilines is 1. The number of rotatable bonds is 4. The summed E-state index contributed by atoms with van der Waals surface area (Å²) in [4.78, 5) is 0. The van der Waals surface area contributed by atoms with Gasteiger partial charge >= 0.3 is 0 Å². The summed E-state index contributed by atoms with van der Waals surface area (Å²) in [5, 5.41) is 11.3. The Kier molecular flexibility index (Phi) is 4.53. The van der Waals surface area contributed by atoms with Crippen LogP contribution in [0.5, 0.6) is 0 Å². The van der Waals surface area contributed by atoms with Gasteiger partial charge in [-0.1, -0.05) is 18.2 Å². The van der Waals surface area contributed by atoms with Gasteiger partial charge in [0.2, 0.25) is 0 Å². The molecule has 0 atom stereocenters. The Hall–Kier alpha value is -1.39. The number of nitrogens with one attached hydrogen (secondary N) is 2. The molecular formula is C13H14N2S2. The number of thiocarbonyl (C=S) groups is 1. The Bertz CT molecular complexity index is 452. The van der Waals surface area contributed by atoms with Crippen molar-refractivity contribution in [1.29, 1.82) is 0 Å². The lowest BCUT2D eigenvalue weighted by Gasteiger charge is -2.09. The molecule has 17 heavy (non-hydrogen) atoms. The van der Waals surface area contributed by atoms with Crippen molar-refractivity contribution in [2.45, 2.75) is 6.42 Å². The van der Waals surface area contributed by atoms with Crippen LogP contribution in [-0.4, -0.2) is 11.7 Å². The molecule has 2 aromatic rings. The third-order valence-electron chi connectivity index (χ3n) is 2.31. The van der Waals surface area contributed by atoms with Crippen LogP contribution in [-0.2, 0) is 6.42 Å². The minimum atomic E-state index is 0.673. The van der Waals surface area contributed by atoms with Gasteiger partial charge < -0.3 is 10.6 Å². The molecule has 0 unspecified atom stereocenters. The highest BCUT2D eigenvalue weighted by Crippen LogP contribution is 2.06. The van der Waals surface area contributed by atoms with Gasteiger partial charge in [0, 0.05) is 12.2 Å². The molecule has 0 radical (unpaired) electrons. The first-order valence-electron chi connectivity index (χ1n) is 5.45. The van der Waals surface area contributed by atoms with E-state index in [4.69, 9.17) is 12.2 Å². The van der Waals surface area contributed by atoms with Crippen molar-refractivity contribution >= 4 is 34.4 Å². The van der Waals surface area contributed by atoms with E-state index in [9.17, 15) is 0 Å². The second-order valence-electron chi connectivity index (χ2n) is 3.63. The number of para-hydroxylation sites is 1. The van der Waals surface area contributed by atoms with Crippen LogP contribution in [0.15, 0.2) is 47.2 Å². The van der Waals surface area contributed by atoms with E-state index in [1.807, 2.05) is 30.3 Å². The van der Waals surface area contributed by atoms with Crippen LogP contribution < -0.4 is 10.6 Å². The number of hydrogen-bond acceptors (Lipinski definition) is 2. The molecule has 2 N–H and O–H groups in total. The zero-order valence-electron chi connectivity index (χ0n) is 9.35. The molecule has 0 saturated carbocycles. The van der Waals surface area contributed by atoms with Gasteiger partial charge in [-0.05, 0) is 53.2 Å². The molecule has 0 saturated heterocycles. The van der Waals surface area contributed by atoms with E-state index in [-0.39, 0.29) is 0 Å². The Morgan fingerprint density at radius 3 is 2.71 bits per heavy atom. The molecule has 2 nitrogen and oxygen atoms in total. The Morgan fingerprint density at radius 1 is 1.18 bits per heavy atom. The molecule has 0 spiro atoms. The predicted octanol–water partition coefficient (Wildman–Crippen LogP) is 3.28. The highest BCUT2D eigenvalue weighted by atomic mass is 32.1. The smallest absolute Gasteiger partial charge is 0.170 e. The highest BCUT2D eigenvalue weighted by molar-refractivity contribution is 7.80. The van der Waals surface area contributed by atoms with Crippen molar-refractivity contribution in [2.75, 3.05) is 11.9 Å². The SMILES string of the molecule is S=C(NCCc1ccsc1)Nc1ccccc1. The van der Waals surface area contributed by atoms with E-state index in [0.29, 0.717) is 5.11 Å². The quantitative estimate of drug-likeness (QED) is 0.827. The molecule has 1 aromatic heterocycles. The monoisotopic (exact) mass is 262 g/mol. The fourth-order valence-electron chi connectivity index (χ4n) is 1.45. The molecule has 0 fully saturated rings. The largest absolute Gasteiger partial charge is 0.362 e. The zero-order valence-corrected chi connectivity index (χ0v) is 11.0. The van der Waals surface area contributed by atoms with Gasteiger partial charge in [-0.2, -0.15) is 11.3 Å². The lowest BCUT2D eigenvalue weighted by Crippen LogP contribution is -2.30. The molecule has 88 valence electrons. The second kappa shape index (κ2) is 6.37. The summed E-state index contributed by atoms with van der Waals surface area (Å²) in [7, 11) is 0. The average molecular weight is 262 g/mol. The van der Waals surface area contributed by atoms with Crippen molar-refractivity contribution in [3.8, 4) is 0 Å². The van der Waals surface area contributed by atoms with Gasteiger partial charge in [0.1, 0.15) is 0 Å². The first kappa shape index (κ1) is 12.1. The molecule has 1 heterocycles. The molecule has 0 aliphatic heterocycles. The molecule has 0 bridgehead atoms. The van der Waals surface area contributed by atoms with E-state index in [1.165, 1.54) is 5.56 Å². The van der Waals surface area contributed by atoms with Crippen LogP contribution in [0.2, 0.25) is 0 Å². The van der Waals surface area contributed by atoms with Crippen molar-refractivity contribution < 1.29 is 0 Å². The molecule has 0 aliphatic carbocycles. The highest BCUT2D eigenvalue weighted by Gasteiger charge is 1.97. The first-order chi connectivity index (χ1) is 8.34. The Morgan fingerprint density at radius 2 is 2.00 bits per heavy atom. The molecule has 1 aromatic carbocycles. The minimum absolute atomic E-state index is 0.673. The van der Waals surface area contributed by atoms with E-state index in [2.05, 4.69) is 27.5 Å². The maximum absolute atomic E-state index is 5.21. The third-order valence-corrected chi connectivity index (χ3v) is 3.29. The maximum Gasteiger partial charge on any atom is 0.170 e. The van der Waals surface area contributed by atoms with E-state index < -0.39 is 0 Å². The summed E-state index contributed by atoms with van der Waals surface area (Å²) in [6, 6.07) is 12.1. The minimum Gasteiger partial charge on any atom is -0.362 e. The van der Waals surface area contributed by atoms with Gasteiger partial charge in [-0.15, -0.1) is 0 Å². The fourth-order valence-corrected chi connectivity index (χ4v) is 2.38. The van der Waals surface area contributed by atoms with E-state index in [1.54, 1.807) is 11.3 Å². The van der Waals surface area contributed by atoms with E-state index in [0.717, 1.165) is 18.7 Å². The molecular weight excluding hydrogens is 248 g/mol. The Balaban J connectivity index is 1.71. The van der Waals surface area contributed by atoms with Crippen LogP contribution >= 0.6 is 23.6 Å². The molecule has 0 aliphatic rings. The van der Waals surface area contributed by atoms with Crippen molar-refractivity contribution in [3.05, 3.63) is 52.7 Å². The second-order valence-corrected chi connectivity index (χ2v) is 4.82. The van der Waals surface area contributed by atoms with Crippen LogP contribution in [0.3, 0.4) is 0 Å². The summed E-state index contributed by atoms with van der Waals surface area (Å²) in [6.45, 7) is 0.857. The molecule has 4 heteroatoms. The molecule has 0 amide bonds. The number of benzene rings is 1. The summed E-state index contributed by atoms with van der Waals surface area (Å²) in [5.74, 6) is 0. The van der Waals surface area contributed by atoms with Crippen molar-refractivity contribution in [3.63, 3.8) is 0 Å². The van der Waals surface area contributed by atoms with Crippen LogP contribution in [0, 0.1) is 0 Å². The average Bonchev–Trinajstić information content (AvgIpc) is 2.83. The number of hydrogen-bond donors (Lipinski definition) is 2. The fraction of sp³-hybridized carbons (Fsp3) is 0.154.